The fourth-order valence-electron chi connectivity index (χ4n) is 1.61. The Balaban J connectivity index is 2.36. The lowest BCUT2D eigenvalue weighted by molar-refractivity contribution is -0.133. The second-order valence-corrected chi connectivity index (χ2v) is 5.59. The van der Waals surface area contributed by atoms with Gasteiger partial charge in [-0.1, -0.05) is 11.8 Å². The van der Waals surface area contributed by atoms with Crippen molar-refractivity contribution in [3.05, 3.63) is 30.1 Å². The molecule has 0 spiro atoms. The number of nitrogens with zero attached hydrogens (tertiary/aromatic N) is 3. The Morgan fingerprint density at radius 3 is 2.55 bits per heavy atom. The number of carboxylic acid groups (broad SMARTS) is 1. The third-order valence-corrected chi connectivity index (χ3v) is 4.15. The summed E-state index contributed by atoms with van der Waals surface area (Å²) >= 11 is 2.70. The molecule has 0 atom stereocenters. The normalized spacial score (nSPS) is 10.7. The van der Waals surface area contributed by atoms with Crippen molar-refractivity contribution >= 4 is 29.5 Å². The molecule has 0 aliphatic carbocycles. The second-order valence-electron chi connectivity index (χ2n) is 3.77. The lowest BCUT2D eigenvalue weighted by Gasteiger charge is -2.09. The summed E-state index contributed by atoms with van der Waals surface area (Å²) in [6, 6.07) is 7.68. The summed E-state index contributed by atoms with van der Waals surface area (Å²) in [4.78, 5) is 11.8. The summed E-state index contributed by atoms with van der Waals surface area (Å²) in [7, 11) is 0. The summed E-state index contributed by atoms with van der Waals surface area (Å²) in [5.41, 5.74) is 0.796. The van der Waals surface area contributed by atoms with E-state index in [0.717, 1.165) is 22.3 Å². The van der Waals surface area contributed by atoms with Gasteiger partial charge in [-0.15, -0.1) is 22.0 Å². The monoisotopic (exact) mass is 311 g/mol. The summed E-state index contributed by atoms with van der Waals surface area (Å²) in [5, 5.41) is 26.3. The highest BCUT2D eigenvalue weighted by Gasteiger charge is 2.14. The van der Waals surface area contributed by atoms with Crippen LogP contribution < -0.4 is 0 Å². The number of aromatic nitrogens is 3. The molecule has 1 aromatic carbocycles. The van der Waals surface area contributed by atoms with Crippen LogP contribution in [0.2, 0.25) is 0 Å². The third-order valence-electron chi connectivity index (χ3n) is 2.50. The summed E-state index contributed by atoms with van der Waals surface area (Å²) in [6.45, 7) is -0.259. The zero-order chi connectivity index (χ0) is 14.5. The van der Waals surface area contributed by atoms with E-state index in [2.05, 4.69) is 10.2 Å². The fourth-order valence-corrected chi connectivity index (χ4v) is 2.71. The van der Waals surface area contributed by atoms with Crippen LogP contribution in [-0.2, 0) is 11.4 Å². The second kappa shape index (κ2) is 6.78. The van der Waals surface area contributed by atoms with Gasteiger partial charge in [-0.05, 0) is 30.5 Å². The highest BCUT2D eigenvalue weighted by atomic mass is 32.2. The molecule has 1 heterocycles. The molecular weight excluding hydrogens is 298 g/mol. The Hall–Kier alpha value is -1.51. The molecule has 0 fully saturated rings. The molecule has 6 nitrogen and oxygen atoms in total. The topological polar surface area (TPSA) is 88.2 Å². The molecule has 0 saturated heterocycles. The van der Waals surface area contributed by atoms with E-state index in [4.69, 9.17) is 5.11 Å². The first-order chi connectivity index (χ1) is 9.65. The minimum Gasteiger partial charge on any atom is -0.481 e. The van der Waals surface area contributed by atoms with E-state index in [-0.39, 0.29) is 12.4 Å². The van der Waals surface area contributed by atoms with Gasteiger partial charge >= 0.3 is 5.97 Å². The number of hydrogen-bond donors (Lipinski definition) is 2. The zero-order valence-corrected chi connectivity index (χ0v) is 12.3. The van der Waals surface area contributed by atoms with E-state index in [9.17, 15) is 9.90 Å². The largest absolute Gasteiger partial charge is 0.481 e. The van der Waals surface area contributed by atoms with Gasteiger partial charge in [0.15, 0.2) is 11.0 Å². The Bertz CT molecular complexity index is 598. The van der Waals surface area contributed by atoms with Gasteiger partial charge in [0, 0.05) is 10.6 Å². The number of carboxylic acids is 1. The number of benzene rings is 1. The van der Waals surface area contributed by atoms with Crippen LogP contribution in [-0.4, -0.2) is 43.0 Å². The van der Waals surface area contributed by atoms with Crippen LogP contribution in [0.15, 0.2) is 34.3 Å². The predicted molar refractivity (Wildman–Crippen MR) is 77.4 cm³/mol. The molecule has 2 rings (SSSR count). The highest BCUT2D eigenvalue weighted by molar-refractivity contribution is 7.99. The zero-order valence-electron chi connectivity index (χ0n) is 10.7. The van der Waals surface area contributed by atoms with Gasteiger partial charge in [-0.3, -0.25) is 9.36 Å². The maximum atomic E-state index is 10.6. The number of aliphatic hydroxyl groups is 1. The van der Waals surface area contributed by atoms with Crippen molar-refractivity contribution in [3.8, 4) is 5.69 Å². The maximum Gasteiger partial charge on any atom is 0.313 e. The van der Waals surface area contributed by atoms with Gasteiger partial charge in [0.1, 0.15) is 6.61 Å². The molecule has 0 radical (unpaired) electrons. The van der Waals surface area contributed by atoms with E-state index in [0.29, 0.717) is 11.0 Å². The van der Waals surface area contributed by atoms with Crippen molar-refractivity contribution < 1.29 is 15.0 Å². The van der Waals surface area contributed by atoms with Gasteiger partial charge < -0.3 is 10.2 Å². The van der Waals surface area contributed by atoms with Crippen molar-refractivity contribution in [2.75, 3.05) is 12.0 Å². The molecule has 0 unspecified atom stereocenters. The molecule has 0 saturated carbocycles. The molecule has 2 N–H and O–H groups in total. The SMILES string of the molecule is CSc1ccc(-n2c(CO)nnc2SCC(=O)O)cc1. The summed E-state index contributed by atoms with van der Waals surface area (Å²) < 4.78 is 1.66. The van der Waals surface area contributed by atoms with Gasteiger partial charge in [-0.25, -0.2) is 0 Å². The van der Waals surface area contributed by atoms with Crippen molar-refractivity contribution in [3.63, 3.8) is 0 Å². The maximum absolute atomic E-state index is 10.6. The quantitative estimate of drug-likeness (QED) is 0.784. The van der Waals surface area contributed by atoms with Crippen molar-refractivity contribution in [2.24, 2.45) is 0 Å². The predicted octanol–water partition coefficient (Wildman–Crippen LogP) is 1.66. The number of hydrogen-bond acceptors (Lipinski definition) is 6. The summed E-state index contributed by atoms with van der Waals surface area (Å²) in [5.74, 6) is -0.644. The lowest BCUT2D eigenvalue weighted by atomic mass is 10.3. The first kappa shape index (κ1) is 14.9. The number of aliphatic hydroxyl groups excluding tert-OH is 1. The van der Waals surface area contributed by atoms with Gasteiger partial charge in [0.05, 0.1) is 5.75 Å². The van der Waals surface area contributed by atoms with Gasteiger partial charge in [0.25, 0.3) is 0 Å². The Morgan fingerprint density at radius 1 is 1.30 bits per heavy atom. The van der Waals surface area contributed by atoms with Crippen LogP contribution in [0.25, 0.3) is 5.69 Å². The average molecular weight is 311 g/mol. The van der Waals surface area contributed by atoms with Crippen LogP contribution in [0.3, 0.4) is 0 Å². The molecule has 0 aliphatic rings. The number of rotatable bonds is 6. The van der Waals surface area contributed by atoms with Crippen LogP contribution in [0.1, 0.15) is 5.82 Å². The Labute approximate surface area is 124 Å². The number of thioether (sulfide) groups is 2. The van der Waals surface area contributed by atoms with Crippen LogP contribution in [0.5, 0.6) is 0 Å². The minimum atomic E-state index is -0.923. The fraction of sp³-hybridized carbons (Fsp3) is 0.250. The minimum absolute atomic E-state index is 0.105. The van der Waals surface area contributed by atoms with E-state index < -0.39 is 5.97 Å². The molecule has 8 heteroatoms. The van der Waals surface area contributed by atoms with E-state index in [1.54, 1.807) is 16.3 Å². The highest BCUT2D eigenvalue weighted by Crippen LogP contribution is 2.24. The molecule has 0 amide bonds. The van der Waals surface area contributed by atoms with E-state index in [1.807, 2.05) is 30.5 Å². The number of carbonyl (C=O) groups is 1. The summed E-state index contributed by atoms with van der Waals surface area (Å²) in [6.07, 6.45) is 1.99. The molecule has 20 heavy (non-hydrogen) atoms. The van der Waals surface area contributed by atoms with E-state index in [1.165, 1.54) is 0 Å². The standard InChI is InChI=1S/C12H13N3O3S2/c1-19-9-4-2-8(3-5-9)15-10(6-16)13-14-12(15)20-7-11(17)18/h2-5,16H,6-7H2,1H3,(H,17,18). The third kappa shape index (κ3) is 3.33. The Morgan fingerprint density at radius 2 is 2.00 bits per heavy atom. The average Bonchev–Trinajstić information content (AvgIpc) is 2.88. The van der Waals surface area contributed by atoms with E-state index >= 15 is 0 Å². The molecule has 0 aliphatic heterocycles. The molecule has 0 bridgehead atoms. The molecule has 106 valence electrons. The van der Waals surface area contributed by atoms with Crippen LogP contribution in [0, 0.1) is 0 Å². The first-order valence-corrected chi connectivity index (χ1v) is 7.91. The lowest BCUT2D eigenvalue weighted by Crippen LogP contribution is -2.04. The van der Waals surface area contributed by atoms with Crippen LogP contribution in [0.4, 0.5) is 0 Å². The van der Waals surface area contributed by atoms with Gasteiger partial charge in [-0.2, -0.15) is 0 Å². The molecule has 1 aromatic heterocycles. The molecule has 2 aromatic rings. The van der Waals surface area contributed by atoms with Crippen molar-refractivity contribution in [2.45, 2.75) is 16.7 Å². The Kier molecular flexibility index (Phi) is 5.05. The number of aliphatic carboxylic acids is 1. The van der Waals surface area contributed by atoms with Crippen molar-refractivity contribution in [1.82, 2.24) is 14.8 Å². The van der Waals surface area contributed by atoms with Gasteiger partial charge in [0.2, 0.25) is 0 Å². The van der Waals surface area contributed by atoms with Crippen molar-refractivity contribution in [1.29, 1.82) is 0 Å². The molecular formula is C12H13N3O3S2. The van der Waals surface area contributed by atoms with Crippen LogP contribution >= 0.6 is 23.5 Å². The first-order valence-electron chi connectivity index (χ1n) is 5.70. The smallest absolute Gasteiger partial charge is 0.313 e.